The molecule has 2 rings (SSSR count). The lowest BCUT2D eigenvalue weighted by atomic mass is 10.1. The number of carbonyl (C=O) groups is 1. The quantitative estimate of drug-likeness (QED) is 0.714. The summed E-state index contributed by atoms with van der Waals surface area (Å²) in [6, 6.07) is 6.10. The lowest BCUT2D eigenvalue weighted by Crippen LogP contribution is -2.35. The van der Waals surface area contributed by atoms with Crippen LogP contribution in [0.1, 0.15) is 23.2 Å². The Morgan fingerprint density at radius 1 is 1.29 bits per heavy atom. The maximum atomic E-state index is 13.4. The van der Waals surface area contributed by atoms with Gasteiger partial charge in [0.05, 0.1) is 6.20 Å². The summed E-state index contributed by atoms with van der Waals surface area (Å²) in [6.45, 7) is 2.71. The third kappa shape index (κ3) is 4.59. The molecule has 21 heavy (non-hydrogen) atoms. The van der Waals surface area contributed by atoms with E-state index in [1.54, 1.807) is 24.4 Å². The van der Waals surface area contributed by atoms with E-state index in [0.717, 1.165) is 24.1 Å². The number of aromatic nitrogens is 2. The maximum Gasteiger partial charge on any atom is 0.315 e. The number of hydrogen-bond donors (Lipinski definition) is 3. The van der Waals surface area contributed by atoms with Crippen LogP contribution in [0.3, 0.4) is 0 Å². The van der Waals surface area contributed by atoms with Crippen LogP contribution in [-0.4, -0.2) is 22.8 Å². The van der Waals surface area contributed by atoms with E-state index in [9.17, 15) is 9.18 Å². The number of carbonyl (C=O) groups excluding carboxylic acids is 1. The number of halogens is 1. The van der Waals surface area contributed by atoms with Gasteiger partial charge >= 0.3 is 6.03 Å². The molecule has 0 atom stereocenters. The molecule has 0 spiro atoms. The monoisotopic (exact) mass is 290 g/mol. The van der Waals surface area contributed by atoms with Crippen LogP contribution in [0.25, 0.3) is 0 Å². The van der Waals surface area contributed by atoms with Crippen LogP contribution < -0.4 is 10.6 Å². The average Bonchev–Trinajstić information content (AvgIpc) is 2.88. The third-order valence-corrected chi connectivity index (χ3v) is 3.24. The fraction of sp³-hybridized carbons (Fsp3) is 0.333. The minimum absolute atomic E-state index is 0.180. The van der Waals surface area contributed by atoms with Crippen LogP contribution in [0.15, 0.2) is 30.5 Å². The summed E-state index contributed by atoms with van der Waals surface area (Å²) >= 11 is 0. The van der Waals surface area contributed by atoms with Crippen molar-refractivity contribution in [1.29, 1.82) is 0 Å². The molecule has 0 aliphatic carbocycles. The summed E-state index contributed by atoms with van der Waals surface area (Å²) < 4.78 is 13.4. The van der Waals surface area contributed by atoms with Crippen molar-refractivity contribution in [2.45, 2.75) is 26.3 Å². The number of hydrogen-bond acceptors (Lipinski definition) is 2. The largest absolute Gasteiger partial charge is 0.338 e. The Balaban J connectivity index is 1.64. The van der Waals surface area contributed by atoms with E-state index in [1.807, 2.05) is 6.92 Å². The highest BCUT2D eigenvalue weighted by molar-refractivity contribution is 5.73. The maximum absolute atomic E-state index is 13.4. The predicted molar refractivity (Wildman–Crippen MR) is 78.3 cm³/mol. The van der Waals surface area contributed by atoms with Crippen molar-refractivity contribution >= 4 is 6.03 Å². The SMILES string of the molecule is Cc1[nH]ncc1CCCNC(=O)NCc1ccccc1F. The first-order valence-electron chi connectivity index (χ1n) is 6.91. The van der Waals surface area contributed by atoms with Gasteiger partial charge in [-0.2, -0.15) is 5.10 Å². The molecular formula is C15H19FN4O. The standard InChI is InChI=1S/C15H19FN4O/c1-11-12(10-19-20-11)6-4-8-17-15(21)18-9-13-5-2-3-7-14(13)16/h2-3,5,7,10H,4,6,8-9H2,1H3,(H,19,20)(H2,17,18,21). The Morgan fingerprint density at radius 2 is 2.10 bits per heavy atom. The number of H-pyrrole nitrogens is 1. The van der Waals surface area contributed by atoms with E-state index in [0.29, 0.717) is 12.1 Å². The van der Waals surface area contributed by atoms with Gasteiger partial charge in [0, 0.05) is 24.3 Å². The Kier molecular flexibility index (Phi) is 5.31. The molecule has 112 valence electrons. The van der Waals surface area contributed by atoms with Crippen molar-refractivity contribution < 1.29 is 9.18 Å². The molecule has 0 saturated carbocycles. The summed E-state index contributed by atoms with van der Waals surface area (Å²) in [4.78, 5) is 11.6. The number of rotatable bonds is 6. The second-order valence-electron chi connectivity index (χ2n) is 4.82. The molecule has 0 bridgehead atoms. The lowest BCUT2D eigenvalue weighted by Gasteiger charge is -2.08. The number of amides is 2. The zero-order valence-electron chi connectivity index (χ0n) is 11.9. The van der Waals surface area contributed by atoms with E-state index >= 15 is 0 Å². The van der Waals surface area contributed by atoms with Crippen molar-refractivity contribution in [3.05, 3.63) is 53.1 Å². The van der Waals surface area contributed by atoms with Gasteiger partial charge in [-0.15, -0.1) is 0 Å². The minimum atomic E-state index is -0.312. The average molecular weight is 290 g/mol. The molecule has 0 unspecified atom stereocenters. The highest BCUT2D eigenvalue weighted by atomic mass is 19.1. The van der Waals surface area contributed by atoms with Crippen LogP contribution >= 0.6 is 0 Å². The molecule has 1 aromatic heterocycles. The fourth-order valence-electron chi connectivity index (χ4n) is 1.99. The Bertz CT molecular complexity index is 597. The lowest BCUT2D eigenvalue weighted by molar-refractivity contribution is 0.240. The molecule has 1 aromatic carbocycles. The Morgan fingerprint density at radius 3 is 2.81 bits per heavy atom. The Hall–Kier alpha value is -2.37. The first-order valence-corrected chi connectivity index (χ1v) is 6.91. The smallest absolute Gasteiger partial charge is 0.315 e. The van der Waals surface area contributed by atoms with Crippen LogP contribution in [0, 0.1) is 12.7 Å². The summed E-state index contributed by atoms with van der Waals surface area (Å²) in [5.74, 6) is -0.312. The van der Waals surface area contributed by atoms with Gasteiger partial charge in [0.1, 0.15) is 5.82 Å². The molecule has 0 radical (unpaired) electrons. The number of aryl methyl sites for hydroxylation is 2. The molecule has 2 amide bonds. The number of benzene rings is 1. The van der Waals surface area contributed by atoms with E-state index < -0.39 is 0 Å². The van der Waals surface area contributed by atoms with Crippen molar-refractivity contribution in [1.82, 2.24) is 20.8 Å². The molecule has 6 heteroatoms. The molecule has 1 heterocycles. The van der Waals surface area contributed by atoms with E-state index in [2.05, 4.69) is 20.8 Å². The van der Waals surface area contributed by atoms with Gasteiger partial charge in [-0.25, -0.2) is 9.18 Å². The van der Waals surface area contributed by atoms with Crippen LogP contribution in [0.4, 0.5) is 9.18 Å². The van der Waals surface area contributed by atoms with Crippen molar-refractivity contribution in [3.8, 4) is 0 Å². The van der Waals surface area contributed by atoms with Crippen LogP contribution in [-0.2, 0) is 13.0 Å². The molecule has 0 fully saturated rings. The zero-order valence-corrected chi connectivity index (χ0v) is 11.9. The van der Waals surface area contributed by atoms with Crippen molar-refractivity contribution in [2.75, 3.05) is 6.54 Å². The van der Waals surface area contributed by atoms with Gasteiger partial charge in [0.15, 0.2) is 0 Å². The van der Waals surface area contributed by atoms with Gasteiger partial charge in [0.2, 0.25) is 0 Å². The molecular weight excluding hydrogens is 271 g/mol. The number of nitrogens with one attached hydrogen (secondary N) is 3. The second-order valence-corrected chi connectivity index (χ2v) is 4.82. The molecule has 0 aliphatic rings. The van der Waals surface area contributed by atoms with Gasteiger partial charge < -0.3 is 10.6 Å². The second kappa shape index (κ2) is 7.42. The first-order chi connectivity index (χ1) is 10.2. The van der Waals surface area contributed by atoms with Gasteiger partial charge in [-0.3, -0.25) is 5.10 Å². The Labute approximate surface area is 123 Å². The van der Waals surface area contributed by atoms with Gasteiger partial charge in [-0.05, 0) is 31.4 Å². The summed E-state index contributed by atoms with van der Waals surface area (Å²) in [6.07, 6.45) is 3.48. The first kappa shape index (κ1) is 15.0. The number of nitrogens with zero attached hydrogens (tertiary/aromatic N) is 1. The third-order valence-electron chi connectivity index (χ3n) is 3.24. The number of aromatic amines is 1. The molecule has 2 aromatic rings. The molecule has 0 saturated heterocycles. The summed E-state index contributed by atoms with van der Waals surface area (Å²) in [7, 11) is 0. The highest BCUT2D eigenvalue weighted by Crippen LogP contribution is 2.06. The normalized spacial score (nSPS) is 10.4. The highest BCUT2D eigenvalue weighted by Gasteiger charge is 2.04. The van der Waals surface area contributed by atoms with Crippen molar-refractivity contribution in [3.63, 3.8) is 0 Å². The fourth-order valence-corrected chi connectivity index (χ4v) is 1.99. The molecule has 3 N–H and O–H groups in total. The van der Waals surface area contributed by atoms with Crippen LogP contribution in [0.5, 0.6) is 0 Å². The van der Waals surface area contributed by atoms with Crippen molar-refractivity contribution in [2.24, 2.45) is 0 Å². The van der Waals surface area contributed by atoms with Crippen LogP contribution in [0.2, 0.25) is 0 Å². The van der Waals surface area contributed by atoms with E-state index in [-0.39, 0.29) is 18.4 Å². The van der Waals surface area contributed by atoms with Gasteiger partial charge in [-0.1, -0.05) is 18.2 Å². The molecule has 0 aliphatic heterocycles. The number of urea groups is 1. The van der Waals surface area contributed by atoms with E-state index in [4.69, 9.17) is 0 Å². The van der Waals surface area contributed by atoms with Gasteiger partial charge in [0.25, 0.3) is 0 Å². The minimum Gasteiger partial charge on any atom is -0.338 e. The summed E-state index contributed by atoms with van der Waals surface area (Å²) in [5.41, 5.74) is 2.68. The predicted octanol–water partition coefficient (Wildman–Crippen LogP) is 2.29. The summed E-state index contributed by atoms with van der Waals surface area (Å²) in [5, 5.41) is 12.2. The van der Waals surface area contributed by atoms with E-state index in [1.165, 1.54) is 6.07 Å². The zero-order chi connectivity index (χ0) is 15.1. The molecule has 5 nitrogen and oxygen atoms in total. The topological polar surface area (TPSA) is 69.8 Å².